The number of likely N-dealkylation sites (N-methyl/N-ethyl adjacent to an activating group) is 1. The van der Waals surface area contributed by atoms with Gasteiger partial charge in [0.05, 0.1) is 44.9 Å². The third-order valence-electron chi connectivity index (χ3n) is 6.21. The van der Waals surface area contributed by atoms with Crippen LogP contribution in [0.3, 0.4) is 0 Å². The number of sulfonamides is 1. The van der Waals surface area contributed by atoms with Crippen LogP contribution in [0.15, 0.2) is 17.0 Å². The number of quaternary nitrogens is 1. The largest absolute Gasteiger partial charge is 0.466 e. The monoisotopic (exact) mass is 557 g/mol. The van der Waals surface area contributed by atoms with Crippen LogP contribution < -0.4 is 4.72 Å². The van der Waals surface area contributed by atoms with Gasteiger partial charge in [0.15, 0.2) is 5.78 Å². The number of rotatable bonds is 11. The molecule has 0 unspecified atom stereocenters. The number of ether oxygens (including phenoxy) is 2. The maximum absolute atomic E-state index is 12.9. The average molecular weight is 558 g/mol. The van der Waals surface area contributed by atoms with Gasteiger partial charge in [0.1, 0.15) is 13.1 Å². The highest BCUT2D eigenvalue weighted by Crippen LogP contribution is 2.22. The van der Waals surface area contributed by atoms with Gasteiger partial charge in [-0.25, -0.2) is 13.1 Å². The zero-order chi connectivity index (χ0) is 29.4. The molecule has 0 bridgehead atoms. The molecule has 0 aromatic heterocycles. The number of esters is 1. The van der Waals surface area contributed by atoms with E-state index >= 15 is 0 Å². The van der Waals surface area contributed by atoms with Crippen molar-refractivity contribution in [3.63, 3.8) is 0 Å². The standard InChI is InChI=1S/C19H31NO3S.C6H14NO.C4H8O2/c1-6-8-10-17(18(21)11-9-7-2)20-24(22,23)19-15(4)12-14(3)13-16(19)5;1-7(2)3-5-8-6-4-7;1-3-6-4(2)5/h12-13,17,20H,6-11H2,1-5H3;3-6H2,1-2H3;3H2,1-2H3/q;+1;/t17-;;/m0../s1. The maximum atomic E-state index is 12.9. The van der Waals surface area contributed by atoms with Crippen molar-refractivity contribution in [2.45, 2.75) is 97.9 Å². The van der Waals surface area contributed by atoms with Crippen molar-refractivity contribution < 1.29 is 32.0 Å². The minimum absolute atomic E-state index is 0.00343. The lowest BCUT2D eigenvalue weighted by atomic mass is 10.0. The lowest BCUT2D eigenvalue weighted by Gasteiger charge is -2.33. The lowest BCUT2D eigenvalue weighted by molar-refractivity contribution is -0.898. The van der Waals surface area contributed by atoms with Gasteiger partial charge in [-0.05, 0) is 51.7 Å². The van der Waals surface area contributed by atoms with Crippen molar-refractivity contribution in [1.29, 1.82) is 0 Å². The number of carbonyl (C=O) groups excluding carboxylic acids is 2. The molecule has 1 atom stereocenters. The van der Waals surface area contributed by atoms with Gasteiger partial charge in [-0.3, -0.25) is 9.59 Å². The Kier molecular flexibility index (Phi) is 17.6. The SMILES string of the molecule is CCCCC(=O)[C@H](CCCC)NS(=O)(=O)c1c(C)cc(C)cc1C.CCOC(C)=O.C[N+]1(C)CCOCC1. The van der Waals surface area contributed by atoms with E-state index in [1.807, 2.05) is 32.9 Å². The van der Waals surface area contributed by atoms with Crippen molar-refractivity contribution in [2.75, 3.05) is 47.0 Å². The summed E-state index contributed by atoms with van der Waals surface area (Å²) in [6, 6.07) is 3.10. The van der Waals surface area contributed by atoms with Gasteiger partial charge in [-0.15, -0.1) is 0 Å². The molecule has 0 amide bonds. The number of aryl methyl sites for hydroxylation is 3. The highest BCUT2D eigenvalue weighted by Gasteiger charge is 2.27. The zero-order valence-corrected chi connectivity index (χ0v) is 26.1. The van der Waals surface area contributed by atoms with E-state index in [9.17, 15) is 18.0 Å². The van der Waals surface area contributed by atoms with E-state index in [0.29, 0.717) is 24.3 Å². The number of nitrogens with zero attached hydrogens (tertiary/aromatic N) is 1. The first-order chi connectivity index (χ1) is 17.7. The summed E-state index contributed by atoms with van der Waals surface area (Å²) in [5.74, 6) is -0.214. The fraction of sp³-hybridized carbons (Fsp3) is 0.724. The molecule has 1 heterocycles. The number of morpholine rings is 1. The van der Waals surface area contributed by atoms with Gasteiger partial charge in [0, 0.05) is 13.3 Å². The quantitative estimate of drug-likeness (QED) is 0.308. The number of benzene rings is 1. The Hall–Kier alpha value is -1.81. The molecule has 1 aliphatic rings. The molecule has 1 fully saturated rings. The van der Waals surface area contributed by atoms with Gasteiger partial charge in [0.25, 0.3) is 0 Å². The van der Waals surface area contributed by atoms with E-state index in [2.05, 4.69) is 23.6 Å². The molecule has 9 heteroatoms. The van der Waals surface area contributed by atoms with E-state index in [-0.39, 0.29) is 11.8 Å². The van der Waals surface area contributed by atoms with E-state index in [4.69, 9.17) is 4.74 Å². The molecule has 1 aromatic rings. The number of ketones is 1. The molecule has 220 valence electrons. The maximum Gasteiger partial charge on any atom is 0.302 e. The van der Waals surface area contributed by atoms with Gasteiger partial charge in [-0.2, -0.15) is 0 Å². The number of nitrogens with one attached hydrogen (secondary N) is 1. The molecule has 0 aliphatic carbocycles. The Balaban J connectivity index is 0.000000791. The predicted molar refractivity (Wildman–Crippen MR) is 154 cm³/mol. The Labute approximate surface area is 232 Å². The van der Waals surface area contributed by atoms with Crippen molar-refractivity contribution >= 4 is 21.8 Å². The first-order valence-electron chi connectivity index (χ1n) is 13.9. The molecule has 1 N–H and O–H groups in total. The lowest BCUT2D eigenvalue weighted by Crippen LogP contribution is -2.48. The van der Waals surface area contributed by atoms with Crippen LogP contribution in [0.5, 0.6) is 0 Å². The summed E-state index contributed by atoms with van der Waals surface area (Å²) in [7, 11) is 0.768. The van der Waals surface area contributed by atoms with Crippen LogP contribution in [0, 0.1) is 20.8 Å². The molecule has 1 saturated heterocycles. The third-order valence-corrected chi connectivity index (χ3v) is 7.99. The van der Waals surface area contributed by atoms with Crippen LogP contribution in [0.2, 0.25) is 0 Å². The van der Waals surface area contributed by atoms with Crippen LogP contribution in [0.4, 0.5) is 0 Å². The zero-order valence-electron chi connectivity index (χ0n) is 25.3. The second kappa shape index (κ2) is 18.5. The van der Waals surface area contributed by atoms with E-state index in [1.165, 1.54) is 20.0 Å². The molecule has 2 rings (SSSR count). The Morgan fingerprint density at radius 1 is 1.00 bits per heavy atom. The normalized spacial score (nSPS) is 15.3. The molecule has 8 nitrogen and oxygen atoms in total. The summed E-state index contributed by atoms with van der Waals surface area (Å²) in [4.78, 5) is 22.5. The van der Waals surface area contributed by atoms with Gasteiger partial charge in [-0.1, -0.05) is 50.8 Å². The number of hydrogen-bond acceptors (Lipinski definition) is 6. The van der Waals surface area contributed by atoms with Crippen LogP contribution in [0.25, 0.3) is 0 Å². The molecule has 1 aliphatic heterocycles. The van der Waals surface area contributed by atoms with Crippen molar-refractivity contribution in [1.82, 2.24) is 4.72 Å². The molecule has 38 heavy (non-hydrogen) atoms. The topological polar surface area (TPSA) is 98.8 Å². The molecular formula is C29H53N2O6S+. The number of Topliss-reactive ketones (excluding diaryl/α,β-unsaturated/α-hetero) is 1. The van der Waals surface area contributed by atoms with Crippen molar-refractivity contribution in [3.05, 3.63) is 28.8 Å². The highest BCUT2D eigenvalue weighted by molar-refractivity contribution is 7.89. The van der Waals surface area contributed by atoms with Crippen LogP contribution in [-0.4, -0.2) is 77.7 Å². The molecule has 0 radical (unpaired) electrons. The van der Waals surface area contributed by atoms with Gasteiger partial charge < -0.3 is 14.0 Å². The predicted octanol–water partition coefficient (Wildman–Crippen LogP) is 4.87. The van der Waals surface area contributed by atoms with Gasteiger partial charge >= 0.3 is 5.97 Å². The Bertz CT molecular complexity index is 929. The second-order valence-electron chi connectivity index (χ2n) is 10.5. The van der Waals surface area contributed by atoms with Crippen LogP contribution >= 0.6 is 0 Å². The fourth-order valence-electron chi connectivity index (χ4n) is 4.10. The minimum Gasteiger partial charge on any atom is -0.466 e. The van der Waals surface area contributed by atoms with E-state index in [1.54, 1.807) is 20.8 Å². The van der Waals surface area contributed by atoms with E-state index < -0.39 is 16.1 Å². The highest BCUT2D eigenvalue weighted by atomic mass is 32.2. The van der Waals surface area contributed by atoms with E-state index in [0.717, 1.165) is 60.1 Å². The van der Waals surface area contributed by atoms with Crippen molar-refractivity contribution in [3.8, 4) is 0 Å². The summed E-state index contributed by atoms with van der Waals surface area (Å²) < 4.78 is 39.1. The van der Waals surface area contributed by atoms with Gasteiger partial charge in [0.2, 0.25) is 10.0 Å². The number of hydrogen-bond donors (Lipinski definition) is 1. The molecular weight excluding hydrogens is 504 g/mol. The minimum atomic E-state index is -3.71. The molecule has 1 aromatic carbocycles. The average Bonchev–Trinajstić information content (AvgIpc) is 2.79. The van der Waals surface area contributed by atoms with Crippen LogP contribution in [0.1, 0.15) is 82.9 Å². The van der Waals surface area contributed by atoms with Crippen LogP contribution in [-0.2, 0) is 29.1 Å². The summed E-state index contributed by atoms with van der Waals surface area (Å²) in [5.41, 5.74) is 2.47. The first-order valence-corrected chi connectivity index (χ1v) is 15.3. The second-order valence-corrected chi connectivity index (χ2v) is 12.2. The number of carbonyl (C=O) groups is 2. The third kappa shape index (κ3) is 15.0. The number of unbranched alkanes of at least 4 members (excludes halogenated alkanes) is 2. The first kappa shape index (κ1) is 36.2. The summed E-state index contributed by atoms with van der Waals surface area (Å²) in [5, 5.41) is 0. The Morgan fingerprint density at radius 3 is 1.89 bits per heavy atom. The summed E-state index contributed by atoms with van der Waals surface area (Å²) in [6.45, 7) is 17.5. The molecule has 0 spiro atoms. The smallest absolute Gasteiger partial charge is 0.302 e. The summed E-state index contributed by atoms with van der Waals surface area (Å²) >= 11 is 0. The fourth-order valence-corrected chi connectivity index (χ4v) is 5.80. The molecule has 0 saturated carbocycles. The van der Waals surface area contributed by atoms with Crippen molar-refractivity contribution in [2.24, 2.45) is 0 Å². The Morgan fingerprint density at radius 2 is 1.53 bits per heavy atom. The summed E-state index contributed by atoms with van der Waals surface area (Å²) in [6.07, 6.45) is 4.47.